The Morgan fingerprint density at radius 2 is 2.12 bits per heavy atom. The van der Waals surface area contributed by atoms with Crippen molar-refractivity contribution >= 4 is 5.91 Å². The monoisotopic (exact) mass is 231 g/mol. The summed E-state index contributed by atoms with van der Waals surface area (Å²) in [6.07, 6.45) is 1.21. The van der Waals surface area contributed by atoms with Crippen LogP contribution in [0.5, 0.6) is 0 Å². The second kappa shape index (κ2) is 6.18. The topological polar surface area (TPSA) is 59.0 Å². The number of carbonyl (C=O) groups is 1. The summed E-state index contributed by atoms with van der Waals surface area (Å²) >= 11 is 0. The second-order valence-electron chi connectivity index (χ2n) is 4.16. The van der Waals surface area contributed by atoms with Crippen LogP contribution >= 0.6 is 0 Å². The number of carbonyl (C=O) groups excluding carboxylic acids is 1. The molecule has 0 saturated heterocycles. The number of hydrogen-bond donors (Lipinski definition) is 1. The van der Waals surface area contributed by atoms with E-state index in [-0.39, 0.29) is 18.1 Å². The van der Waals surface area contributed by atoms with E-state index in [9.17, 15) is 9.90 Å². The van der Waals surface area contributed by atoms with Crippen LogP contribution in [0.3, 0.4) is 0 Å². The van der Waals surface area contributed by atoms with Gasteiger partial charge in [0.05, 0.1) is 25.2 Å². The Balaban J connectivity index is 2.48. The van der Waals surface area contributed by atoms with Crippen LogP contribution in [-0.2, 0) is 14.3 Å². The molecule has 0 unspecified atom stereocenters. The van der Waals surface area contributed by atoms with Gasteiger partial charge < -0.3 is 19.5 Å². The number of likely N-dealkylation sites (N-methyl/N-ethyl adjacent to an activating group) is 1. The molecule has 1 amide bonds. The molecule has 1 aliphatic carbocycles. The van der Waals surface area contributed by atoms with Gasteiger partial charge in [0.25, 0.3) is 0 Å². The lowest BCUT2D eigenvalue weighted by Gasteiger charge is -2.28. The highest BCUT2D eigenvalue weighted by molar-refractivity contribution is 5.76. The molecule has 5 heteroatoms. The van der Waals surface area contributed by atoms with Gasteiger partial charge in [-0.3, -0.25) is 4.79 Å². The first-order valence-corrected chi connectivity index (χ1v) is 5.57. The summed E-state index contributed by atoms with van der Waals surface area (Å²) in [5.41, 5.74) is 0. The van der Waals surface area contributed by atoms with Crippen LogP contribution in [0.4, 0.5) is 0 Å². The molecule has 0 spiro atoms. The van der Waals surface area contributed by atoms with Crippen LogP contribution in [0.1, 0.15) is 19.3 Å². The van der Waals surface area contributed by atoms with E-state index in [0.29, 0.717) is 13.0 Å². The highest BCUT2D eigenvalue weighted by Crippen LogP contribution is 2.26. The maximum atomic E-state index is 11.7. The second-order valence-corrected chi connectivity index (χ2v) is 4.16. The van der Waals surface area contributed by atoms with Gasteiger partial charge in [0, 0.05) is 21.3 Å². The Labute approximate surface area is 96.3 Å². The van der Waals surface area contributed by atoms with E-state index in [2.05, 4.69) is 0 Å². The molecule has 1 fully saturated rings. The van der Waals surface area contributed by atoms with Crippen LogP contribution in [-0.4, -0.2) is 62.0 Å². The van der Waals surface area contributed by atoms with Gasteiger partial charge >= 0.3 is 0 Å². The van der Waals surface area contributed by atoms with Gasteiger partial charge in [0.15, 0.2) is 0 Å². The maximum absolute atomic E-state index is 11.7. The van der Waals surface area contributed by atoms with E-state index in [1.54, 1.807) is 26.2 Å². The fourth-order valence-electron chi connectivity index (χ4n) is 2.16. The molecule has 16 heavy (non-hydrogen) atoms. The third kappa shape index (κ3) is 2.93. The van der Waals surface area contributed by atoms with Gasteiger partial charge in [-0.15, -0.1) is 0 Å². The fraction of sp³-hybridized carbons (Fsp3) is 0.909. The number of aliphatic hydroxyl groups is 1. The number of rotatable bonds is 5. The molecule has 1 rings (SSSR count). The van der Waals surface area contributed by atoms with Crippen LogP contribution in [0.25, 0.3) is 0 Å². The van der Waals surface area contributed by atoms with E-state index < -0.39 is 6.10 Å². The first-order chi connectivity index (χ1) is 7.61. The lowest BCUT2D eigenvalue weighted by Crippen LogP contribution is -2.44. The fourth-order valence-corrected chi connectivity index (χ4v) is 2.16. The number of methoxy groups -OCH3 is 2. The Morgan fingerprint density at radius 3 is 2.62 bits per heavy atom. The smallest absolute Gasteiger partial charge is 0.224 e. The first-order valence-electron chi connectivity index (χ1n) is 5.57. The molecule has 1 saturated carbocycles. The minimum atomic E-state index is -0.582. The highest BCUT2D eigenvalue weighted by atomic mass is 16.5. The molecule has 1 N–H and O–H groups in total. The summed E-state index contributed by atoms with van der Waals surface area (Å²) in [5, 5.41) is 9.94. The standard InChI is InChI=1S/C11H21NO4/c1-12(10(13)6-7-15-2)8-4-5-9(16-3)11(8)14/h8-9,11,14H,4-7H2,1-3H3/t8-,9-,11-/m1/s1. The molecule has 0 aromatic rings. The van der Waals surface area contributed by atoms with Gasteiger partial charge in [-0.25, -0.2) is 0 Å². The van der Waals surface area contributed by atoms with Gasteiger partial charge in [-0.1, -0.05) is 0 Å². The van der Waals surface area contributed by atoms with Crippen molar-refractivity contribution in [3.8, 4) is 0 Å². The van der Waals surface area contributed by atoms with Gasteiger partial charge in [-0.2, -0.15) is 0 Å². The highest BCUT2D eigenvalue weighted by Gasteiger charge is 2.38. The third-order valence-electron chi connectivity index (χ3n) is 3.24. The van der Waals surface area contributed by atoms with Gasteiger partial charge in [-0.05, 0) is 12.8 Å². The average molecular weight is 231 g/mol. The molecular weight excluding hydrogens is 210 g/mol. The minimum absolute atomic E-state index is 0.00246. The zero-order valence-electron chi connectivity index (χ0n) is 10.2. The van der Waals surface area contributed by atoms with E-state index in [1.807, 2.05) is 0 Å². The predicted octanol–water partition coefficient (Wildman–Crippen LogP) is 0.0196. The molecule has 3 atom stereocenters. The van der Waals surface area contributed by atoms with E-state index in [1.165, 1.54) is 0 Å². The molecule has 0 heterocycles. The van der Waals surface area contributed by atoms with E-state index in [0.717, 1.165) is 12.8 Å². The average Bonchev–Trinajstić information content (AvgIpc) is 2.66. The molecule has 0 radical (unpaired) electrons. The molecule has 94 valence electrons. The van der Waals surface area contributed by atoms with Crippen LogP contribution in [0, 0.1) is 0 Å². The zero-order chi connectivity index (χ0) is 12.1. The summed E-state index contributed by atoms with van der Waals surface area (Å²) in [6.45, 7) is 0.416. The molecule has 1 aliphatic rings. The van der Waals surface area contributed by atoms with E-state index >= 15 is 0 Å². The zero-order valence-corrected chi connectivity index (χ0v) is 10.2. The van der Waals surface area contributed by atoms with Crippen LogP contribution in [0.2, 0.25) is 0 Å². The van der Waals surface area contributed by atoms with Crippen molar-refractivity contribution in [2.75, 3.05) is 27.9 Å². The largest absolute Gasteiger partial charge is 0.388 e. The number of hydrogen-bond acceptors (Lipinski definition) is 4. The van der Waals surface area contributed by atoms with Crippen molar-refractivity contribution in [1.29, 1.82) is 0 Å². The minimum Gasteiger partial charge on any atom is -0.388 e. The summed E-state index contributed by atoms with van der Waals surface area (Å²) < 4.78 is 10.0. The normalized spacial score (nSPS) is 29.4. The van der Waals surface area contributed by atoms with E-state index in [4.69, 9.17) is 9.47 Å². The van der Waals surface area contributed by atoms with Gasteiger partial charge in [0.1, 0.15) is 6.10 Å². The van der Waals surface area contributed by atoms with Gasteiger partial charge in [0.2, 0.25) is 5.91 Å². The molecular formula is C11H21NO4. The third-order valence-corrected chi connectivity index (χ3v) is 3.24. The summed E-state index contributed by atoms with van der Waals surface area (Å²) in [5.74, 6) is 0.00246. The van der Waals surface area contributed by atoms with Crippen molar-refractivity contribution in [3.05, 3.63) is 0 Å². The van der Waals surface area contributed by atoms with Crippen molar-refractivity contribution in [2.24, 2.45) is 0 Å². The summed E-state index contributed by atoms with van der Waals surface area (Å²) in [7, 11) is 4.88. The van der Waals surface area contributed by atoms with Crippen LogP contribution < -0.4 is 0 Å². The summed E-state index contributed by atoms with van der Waals surface area (Å²) in [6, 6.07) is -0.130. The molecule has 0 bridgehead atoms. The Morgan fingerprint density at radius 1 is 1.44 bits per heavy atom. The maximum Gasteiger partial charge on any atom is 0.224 e. The van der Waals surface area contributed by atoms with Crippen molar-refractivity contribution < 1.29 is 19.4 Å². The van der Waals surface area contributed by atoms with Crippen molar-refractivity contribution in [2.45, 2.75) is 37.5 Å². The lowest BCUT2D eigenvalue weighted by atomic mass is 10.1. The first kappa shape index (κ1) is 13.4. The Hall–Kier alpha value is -0.650. The Bertz CT molecular complexity index is 234. The molecule has 0 aromatic heterocycles. The van der Waals surface area contributed by atoms with Crippen molar-refractivity contribution in [3.63, 3.8) is 0 Å². The number of ether oxygens (including phenoxy) is 2. The molecule has 5 nitrogen and oxygen atoms in total. The summed E-state index contributed by atoms with van der Waals surface area (Å²) in [4.78, 5) is 13.3. The predicted molar refractivity (Wildman–Crippen MR) is 59.1 cm³/mol. The number of nitrogens with zero attached hydrogens (tertiary/aromatic N) is 1. The number of amides is 1. The SMILES string of the molecule is COCCC(=O)N(C)[C@@H]1CC[C@@H](OC)[C@@H]1O. The quantitative estimate of drug-likeness (QED) is 0.724. The molecule has 0 aliphatic heterocycles. The Kier molecular flexibility index (Phi) is 5.18. The molecule has 0 aromatic carbocycles. The number of aliphatic hydroxyl groups excluding tert-OH is 1. The van der Waals surface area contributed by atoms with Crippen molar-refractivity contribution in [1.82, 2.24) is 4.90 Å². The lowest BCUT2D eigenvalue weighted by molar-refractivity contribution is -0.135. The van der Waals surface area contributed by atoms with Crippen LogP contribution in [0.15, 0.2) is 0 Å².